The van der Waals surface area contributed by atoms with Gasteiger partial charge in [-0.2, -0.15) is 5.26 Å². The van der Waals surface area contributed by atoms with Crippen LogP contribution in [-0.2, 0) is 16.0 Å². The molecule has 2 rings (SSSR count). The first kappa shape index (κ1) is 19.9. The van der Waals surface area contributed by atoms with Crippen LogP contribution in [0.4, 0.5) is 0 Å². The van der Waals surface area contributed by atoms with Gasteiger partial charge in [0.15, 0.2) is 0 Å². The Bertz CT molecular complexity index is 658. The van der Waals surface area contributed by atoms with Crippen LogP contribution in [0.2, 0.25) is 0 Å². The van der Waals surface area contributed by atoms with Crippen molar-refractivity contribution in [2.45, 2.75) is 32.2 Å². The van der Waals surface area contributed by atoms with Gasteiger partial charge in [0.05, 0.1) is 12.6 Å². The number of hydrogen-bond donors (Lipinski definition) is 0. The minimum absolute atomic E-state index is 0.0691. The van der Waals surface area contributed by atoms with Gasteiger partial charge in [-0.05, 0) is 25.8 Å². The average Bonchev–Trinajstić information content (AvgIpc) is 2.66. The van der Waals surface area contributed by atoms with E-state index in [9.17, 15) is 9.59 Å². The van der Waals surface area contributed by atoms with Gasteiger partial charge in [-0.3, -0.25) is 14.5 Å². The smallest absolute Gasteiger partial charge is 0.237 e. The number of hydrogen-bond acceptors (Lipinski definition) is 4. The molecule has 0 N–H and O–H groups in total. The number of likely N-dealkylation sites (N-methyl/N-ethyl adjacent to an activating group) is 1. The summed E-state index contributed by atoms with van der Waals surface area (Å²) in [6.07, 6.45) is 1.27. The summed E-state index contributed by atoms with van der Waals surface area (Å²) in [5.74, 6) is 0.1000. The minimum atomic E-state index is -0.813. The Morgan fingerprint density at radius 2 is 1.77 bits per heavy atom. The van der Waals surface area contributed by atoms with Crippen molar-refractivity contribution in [3.05, 3.63) is 35.9 Å². The normalized spacial score (nSPS) is 15.4. The van der Waals surface area contributed by atoms with E-state index in [0.29, 0.717) is 32.6 Å². The first-order valence-corrected chi connectivity index (χ1v) is 9.05. The summed E-state index contributed by atoms with van der Waals surface area (Å²) < 4.78 is 0. The van der Waals surface area contributed by atoms with Gasteiger partial charge in [-0.1, -0.05) is 30.3 Å². The molecule has 1 aromatic carbocycles. The van der Waals surface area contributed by atoms with Crippen molar-refractivity contribution in [2.24, 2.45) is 0 Å². The maximum absolute atomic E-state index is 12.4. The van der Waals surface area contributed by atoms with Gasteiger partial charge in [0.2, 0.25) is 11.8 Å². The summed E-state index contributed by atoms with van der Waals surface area (Å²) in [4.78, 5) is 30.1. The van der Waals surface area contributed by atoms with Gasteiger partial charge < -0.3 is 9.80 Å². The fraction of sp³-hybridized carbons (Fsp3) is 0.550. The molecule has 6 nitrogen and oxygen atoms in total. The van der Waals surface area contributed by atoms with E-state index in [0.717, 1.165) is 6.42 Å². The molecule has 1 aromatic rings. The Morgan fingerprint density at radius 3 is 2.35 bits per heavy atom. The van der Waals surface area contributed by atoms with Gasteiger partial charge in [-0.15, -0.1) is 0 Å². The molecule has 1 fully saturated rings. The summed E-state index contributed by atoms with van der Waals surface area (Å²) in [5.41, 5.74) is 0.361. The van der Waals surface area contributed by atoms with Crippen molar-refractivity contribution in [3.8, 4) is 6.07 Å². The molecule has 0 bridgehead atoms. The molecule has 0 atom stereocenters. The number of piperazine rings is 1. The largest absolute Gasteiger partial charge is 0.340 e. The Morgan fingerprint density at radius 1 is 1.15 bits per heavy atom. The third kappa shape index (κ3) is 5.30. The number of rotatable bonds is 6. The molecular weight excluding hydrogens is 328 g/mol. The predicted molar refractivity (Wildman–Crippen MR) is 100 cm³/mol. The molecule has 140 valence electrons. The van der Waals surface area contributed by atoms with Crippen LogP contribution in [-0.4, -0.2) is 71.8 Å². The Labute approximate surface area is 156 Å². The van der Waals surface area contributed by atoms with Crippen molar-refractivity contribution < 1.29 is 9.59 Å². The van der Waals surface area contributed by atoms with Gasteiger partial charge in [0, 0.05) is 39.6 Å². The number of carbonyl (C=O) groups is 2. The van der Waals surface area contributed by atoms with Crippen LogP contribution in [0.15, 0.2) is 30.3 Å². The lowest BCUT2D eigenvalue weighted by atomic mass is 10.1. The van der Waals surface area contributed by atoms with E-state index in [-0.39, 0.29) is 18.4 Å². The average molecular weight is 356 g/mol. The van der Waals surface area contributed by atoms with Crippen LogP contribution in [0.1, 0.15) is 25.8 Å². The second-order valence-corrected chi connectivity index (χ2v) is 7.27. The first-order valence-electron chi connectivity index (χ1n) is 9.05. The summed E-state index contributed by atoms with van der Waals surface area (Å²) in [5, 5.41) is 9.15. The fourth-order valence-electron chi connectivity index (χ4n) is 2.89. The van der Waals surface area contributed by atoms with E-state index in [4.69, 9.17) is 5.26 Å². The van der Waals surface area contributed by atoms with Crippen LogP contribution in [0.5, 0.6) is 0 Å². The maximum atomic E-state index is 12.4. The van der Waals surface area contributed by atoms with E-state index in [1.54, 1.807) is 20.9 Å². The van der Waals surface area contributed by atoms with Crippen LogP contribution >= 0.6 is 0 Å². The molecule has 0 spiro atoms. The van der Waals surface area contributed by atoms with Crippen molar-refractivity contribution in [1.29, 1.82) is 5.26 Å². The highest BCUT2D eigenvalue weighted by molar-refractivity contribution is 5.79. The molecule has 1 aliphatic rings. The zero-order chi connectivity index (χ0) is 19.2. The highest BCUT2D eigenvalue weighted by atomic mass is 16.2. The van der Waals surface area contributed by atoms with E-state index in [1.165, 1.54) is 10.5 Å². The summed E-state index contributed by atoms with van der Waals surface area (Å²) in [6.45, 7) is 6.40. The molecule has 1 aliphatic heterocycles. The maximum Gasteiger partial charge on any atom is 0.237 e. The monoisotopic (exact) mass is 356 g/mol. The lowest BCUT2D eigenvalue weighted by molar-refractivity contribution is -0.136. The standard InChI is InChI=1S/C20H28N4O2/c1-20(2,16-21)22(3)19(26)15-23-11-13-24(14-12-23)18(25)10-9-17-7-5-4-6-8-17/h4-8H,9-15H2,1-3H3. The molecule has 6 heteroatoms. The molecule has 0 aliphatic carbocycles. The third-order valence-electron chi connectivity index (χ3n) is 5.04. The lowest BCUT2D eigenvalue weighted by Crippen LogP contribution is -2.53. The SMILES string of the molecule is CN(C(=O)CN1CCN(C(=O)CCc2ccccc2)CC1)C(C)(C)C#N. The van der Waals surface area contributed by atoms with Crippen molar-refractivity contribution in [2.75, 3.05) is 39.8 Å². The van der Waals surface area contributed by atoms with Crippen molar-refractivity contribution in [1.82, 2.24) is 14.7 Å². The topological polar surface area (TPSA) is 67.7 Å². The highest BCUT2D eigenvalue weighted by Crippen LogP contribution is 2.12. The lowest BCUT2D eigenvalue weighted by Gasteiger charge is -2.36. The Kier molecular flexibility index (Phi) is 6.76. The number of carbonyl (C=O) groups excluding carboxylic acids is 2. The molecule has 0 saturated carbocycles. The number of aryl methyl sites for hydroxylation is 1. The molecule has 0 radical (unpaired) electrons. The third-order valence-corrected chi connectivity index (χ3v) is 5.04. The molecule has 26 heavy (non-hydrogen) atoms. The number of benzene rings is 1. The van der Waals surface area contributed by atoms with E-state index in [2.05, 4.69) is 6.07 Å². The quantitative estimate of drug-likeness (QED) is 0.775. The molecular formula is C20H28N4O2. The second-order valence-electron chi connectivity index (χ2n) is 7.27. The van der Waals surface area contributed by atoms with Crippen LogP contribution in [0, 0.1) is 11.3 Å². The molecule has 1 heterocycles. The predicted octanol–water partition coefficient (Wildman–Crippen LogP) is 1.52. The summed E-state index contributed by atoms with van der Waals surface area (Å²) >= 11 is 0. The summed E-state index contributed by atoms with van der Waals surface area (Å²) in [6, 6.07) is 12.2. The van der Waals surface area contributed by atoms with Crippen LogP contribution in [0.3, 0.4) is 0 Å². The van der Waals surface area contributed by atoms with Gasteiger partial charge in [0.1, 0.15) is 5.54 Å². The van der Waals surface area contributed by atoms with Crippen molar-refractivity contribution in [3.63, 3.8) is 0 Å². The molecule has 0 aromatic heterocycles. The Balaban J connectivity index is 1.75. The summed E-state index contributed by atoms with van der Waals surface area (Å²) in [7, 11) is 1.66. The van der Waals surface area contributed by atoms with Gasteiger partial charge in [0.25, 0.3) is 0 Å². The van der Waals surface area contributed by atoms with E-state index in [1.807, 2.05) is 40.1 Å². The number of nitriles is 1. The minimum Gasteiger partial charge on any atom is -0.340 e. The zero-order valence-electron chi connectivity index (χ0n) is 15.9. The van der Waals surface area contributed by atoms with Crippen LogP contribution < -0.4 is 0 Å². The second kappa shape index (κ2) is 8.81. The van der Waals surface area contributed by atoms with E-state index >= 15 is 0 Å². The molecule has 1 saturated heterocycles. The molecule has 2 amide bonds. The molecule has 0 unspecified atom stereocenters. The van der Waals surface area contributed by atoms with E-state index < -0.39 is 5.54 Å². The number of amides is 2. The highest BCUT2D eigenvalue weighted by Gasteiger charge is 2.29. The number of nitrogens with zero attached hydrogens (tertiary/aromatic N) is 4. The van der Waals surface area contributed by atoms with Crippen molar-refractivity contribution >= 4 is 11.8 Å². The van der Waals surface area contributed by atoms with Gasteiger partial charge in [-0.25, -0.2) is 0 Å². The zero-order valence-corrected chi connectivity index (χ0v) is 15.9. The fourth-order valence-corrected chi connectivity index (χ4v) is 2.89. The Hall–Kier alpha value is -2.39. The first-order chi connectivity index (χ1) is 12.3. The van der Waals surface area contributed by atoms with Crippen LogP contribution in [0.25, 0.3) is 0 Å². The van der Waals surface area contributed by atoms with Gasteiger partial charge >= 0.3 is 0 Å².